The van der Waals surface area contributed by atoms with Crippen molar-refractivity contribution in [3.8, 4) is 0 Å². The zero-order chi connectivity index (χ0) is 33.8. The molecule has 0 amide bonds. The van der Waals surface area contributed by atoms with Crippen molar-refractivity contribution in [2.24, 2.45) is 0 Å². The van der Waals surface area contributed by atoms with Gasteiger partial charge < -0.3 is 39.4 Å². The topological polar surface area (TPSA) is 152 Å². The first-order chi connectivity index (χ1) is 22.3. The molecule has 0 aromatic heterocycles. The first-order valence-corrected chi connectivity index (χ1v) is 18.3. The molecule has 0 spiro atoms. The molecule has 0 aromatic carbocycles. The summed E-state index contributed by atoms with van der Waals surface area (Å²) in [5.74, 6) is -0.830. The third-order valence-corrected chi connectivity index (χ3v) is 8.40. The van der Waals surface area contributed by atoms with Crippen LogP contribution < -0.4 is 0 Å². The van der Waals surface area contributed by atoms with Crippen molar-refractivity contribution < 1.29 is 49.0 Å². The normalized spacial score (nSPS) is 22.3. The summed E-state index contributed by atoms with van der Waals surface area (Å²) in [5, 5.41) is 39.7. The first-order valence-electron chi connectivity index (χ1n) is 18.3. The van der Waals surface area contributed by atoms with Crippen molar-refractivity contribution in [2.75, 3.05) is 19.8 Å². The molecule has 1 rings (SSSR count). The Morgan fingerprint density at radius 1 is 0.652 bits per heavy atom. The van der Waals surface area contributed by atoms with Crippen LogP contribution in [0.25, 0.3) is 0 Å². The van der Waals surface area contributed by atoms with Gasteiger partial charge in [0.15, 0.2) is 12.4 Å². The predicted octanol–water partition coefficient (Wildman–Crippen LogP) is 6.05. The van der Waals surface area contributed by atoms with Crippen LogP contribution in [0.15, 0.2) is 12.2 Å². The fourth-order valence-electron chi connectivity index (χ4n) is 5.42. The lowest BCUT2D eigenvalue weighted by molar-refractivity contribution is -0.305. The number of esters is 2. The van der Waals surface area contributed by atoms with Gasteiger partial charge in [0.05, 0.1) is 13.2 Å². The number of rotatable bonds is 29. The Morgan fingerprint density at radius 3 is 1.72 bits per heavy atom. The maximum atomic E-state index is 12.6. The zero-order valence-electron chi connectivity index (χ0n) is 28.8. The van der Waals surface area contributed by atoms with Gasteiger partial charge in [-0.2, -0.15) is 0 Å². The number of aliphatic hydroxyl groups excluding tert-OH is 4. The van der Waals surface area contributed by atoms with Gasteiger partial charge in [-0.25, -0.2) is 0 Å². The number of unbranched alkanes of at least 4 members (excludes halogenated alkanes) is 16. The Kier molecular flexibility index (Phi) is 26.3. The number of aliphatic hydroxyl groups is 4. The van der Waals surface area contributed by atoms with Crippen molar-refractivity contribution in [3.63, 3.8) is 0 Å². The van der Waals surface area contributed by atoms with E-state index in [1.54, 1.807) is 0 Å². The highest BCUT2D eigenvalue weighted by Crippen LogP contribution is 2.22. The minimum Gasteiger partial charge on any atom is -0.462 e. The van der Waals surface area contributed by atoms with E-state index in [1.165, 1.54) is 64.2 Å². The molecule has 0 bridgehead atoms. The second-order valence-electron chi connectivity index (χ2n) is 12.7. The largest absolute Gasteiger partial charge is 0.462 e. The van der Waals surface area contributed by atoms with E-state index in [0.717, 1.165) is 51.4 Å². The molecule has 6 unspecified atom stereocenters. The summed E-state index contributed by atoms with van der Waals surface area (Å²) in [6.45, 7) is 3.26. The highest BCUT2D eigenvalue weighted by atomic mass is 16.7. The second kappa shape index (κ2) is 28.5. The third kappa shape index (κ3) is 20.6. The van der Waals surface area contributed by atoms with Crippen molar-refractivity contribution in [1.29, 1.82) is 0 Å². The smallest absolute Gasteiger partial charge is 0.306 e. The molecule has 1 fully saturated rings. The summed E-state index contributed by atoms with van der Waals surface area (Å²) in [4.78, 5) is 24.8. The molecule has 4 N–H and O–H groups in total. The van der Waals surface area contributed by atoms with Crippen LogP contribution in [0, 0.1) is 0 Å². The van der Waals surface area contributed by atoms with Gasteiger partial charge in [0.2, 0.25) is 0 Å². The molecule has 0 aliphatic carbocycles. The number of carbonyl (C=O) groups is 2. The van der Waals surface area contributed by atoms with Gasteiger partial charge in [0.25, 0.3) is 0 Å². The number of ether oxygens (including phenoxy) is 4. The maximum Gasteiger partial charge on any atom is 0.306 e. The predicted molar refractivity (Wildman–Crippen MR) is 178 cm³/mol. The van der Waals surface area contributed by atoms with Crippen molar-refractivity contribution in [3.05, 3.63) is 12.2 Å². The van der Waals surface area contributed by atoms with Crippen LogP contribution in [0.1, 0.15) is 149 Å². The van der Waals surface area contributed by atoms with Crippen molar-refractivity contribution in [1.82, 2.24) is 0 Å². The van der Waals surface area contributed by atoms with E-state index in [0.29, 0.717) is 6.42 Å². The molecule has 10 nitrogen and oxygen atoms in total. The van der Waals surface area contributed by atoms with Crippen LogP contribution in [0.5, 0.6) is 0 Å². The van der Waals surface area contributed by atoms with Gasteiger partial charge in [0, 0.05) is 12.8 Å². The Balaban J connectivity index is 2.31. The second-order valence-corrected chi connectivity index (χ2v) is 12.7. The molecule has 46 heavy (non-hydrogen) atoms. The maximum absolute atomic E-state index is 12.6. The fourth-order valence-corrected chi connectivity index (χ4v) is 5.42. The SMILES string of the molecule is CCCCCCCC/C=C\CCCCCCCCCC(=O)OC(COC(=O)CCCCCC)COC1OC(CO)C(O)C(O)C1O. The summed E-state index contributed by atoms with van der Waals surface area (Å²) in [6.07, 6.45) is 18.6. The Hall–Kier alpha value is -1.56. The number of allylic oxidation sites excluding steroid dienone is 2. The van der Waals surface area contributed by atoms with Crippen LogP contribution in [0.3, 0.4) is 0 Å². The summed E-state index contributed by atoms with van der Waals surface area (Å²) in [5.41, 5.74) is 0. The number of hydrogen-bond acceptors (Lipinski definition) is 10. The van der Waals surface area contributed by atoms with E-state index < -0.39 is 55.4 Å². The monoisotopic (exact) mass is 658 g/mol. The van der Waals surface area contributed by atoms with E-state index in [9.17, 15) is 30.0 Å². The molecular weight excluding hydrogens is 592 g/mol. The highest BCUT2D eigenvalue weighted by Gasteiger charge is 2.44. The highest BCUT2D eigenvalue weighted by molar-refractivity contribution is 5.70. The summed E-state index contributed by atoms with van der Waals surface area (Å²) < 4.78 is 21.8. The molecule has 0 saturated carbocycles. The first kappa shape index (κ1) is 42.5. The van der Waals surface area contributed by atoms with E-state index in [4.69, 9.17) is 18.9 Å². The zero-order valence-corrected chi connectivity index (χ0v) is 28.8. The van der Waals surface area contributed by atoms with Gasteiger partial charge in [-0.15, -0.1) is 0 Å². The molecule has 1 saturated heterocycles. The lowest BCUT2D eigenvalue weighted by Crippen LogP contribution is -2.59. The lowest BCUT2D eigenvalue weighted by Gasteiger charge is -2.39. The average molecular weight is 659 g/mol. The van der Waals surface area contributed by atoms with Crippen molar-refractivity contribution in [2.45, 2.75) is 185 Å². The van der Waals surface area contributed by atoms with Crippen LogP contribution in [-0.4, -0.2) is 89.0 Å². The van der Waals surface area contributed by atoms with E-state index in [-0.39, 0.29) is 26.1 Å². The lowest BCUT2D eigenvalue weighted by atomic mass is 9.99. The summed E-state index contributed by atoms with van der Waals surface area (Å²) in [6, 6.07) is 0. The molecule has 1 aliphatic heterocycles. The molecule has 10 heteroatoms. The van der Waals surface area contributed by atoms with Gasteiger partial charge in [-0.3, -0.25) is 9.59 Å². The molecule has 6 atom stereocenters. The van der Waals surface area contributed by atoms with Gasteiger partial charge >= 0.3 is 11.9 Å². The number of carbonyl (C=O) groups excluding carboxylic acids is 2. The quantitative estimate of drug-likeness (QED) is 0.0425. The minimum absolute atomic E-state index is 0.218. The Labute approximate surface area is 278 Å². The summed E-state index contributed by atoms with van der Waals surface area (Å²) in [7, 11) is 0. The minimum atomic E-state index is -1.59. The van der Waals surface area contributed by atoms with E-state index in [1.807, 2.05) is 0 Å². The fraction of sp³-hybridized carbons (Fsp3) is 0.889. The Bertz CT molecular complexity index is 774. The average Bonchev–Trinajstić information content (AvgIpc) is 3.05. The van der Waals surface area contributed by atoms with Gasteiger partial charge in [-0.05, 0) is 38.5 Å². The van der Waals surface area contributed by atoms with Crippen LogP contribution >= 0.6 is 0 Å². The number of hydrogen-bond donors (Lipinski definition) is 4. The molecule has 1 aliphatic rings. The van der Waals surface area contributed by atoms with E-state index in [2.05, 4.69) is 26.0 Å². The standard InChI is InChI=1S/C36H66O10/c1-3-5-7-9-10-11-12-13-14-15-16-17-18-19-20-21-23-25-32(39)45-29(27-43-31(38)24-22-8-6-4-2)28-44-36-35(42)34(41)33(40)30(26-37)46-36/h13-14,29-30,33-37,40-42H,3-12,15-28H2,1-2H3/b14-13-. The molecule has 270 valence electrons. The van der Waals surface area contributed by atoms with Crippen LogP contribution in [-0.2, 0) is 28.5 Å². The third-order valence-electron chi connectivity index (χ3n) is 8.40. The van der Waals surface area contributed by atoms with Crippen molar-refractivity contribution >= 4 is 11.9 Å². The molecule has 0 radical (unpaired) electrons. The van der Waals surface area contributed by atoms with Gasteiger partial charge in [0.1, 0.15) is 31.0 Å². The van der Waals surface area contributed by atoms with Gasteiger partial charge in [-0.1, -0.05) is 109 Å². The molecule has 0 aromatic rings. The van der Waals surface area contributed by atoms with Crippen LogP contribution in [0.2, 0.25) is 0 Å². The summed E-state index contributed by atoms with van der Waals surface area (Å²) >= 11 is 0. The molecular formula is C36H66O10. The Morgan fingerprint density at radius 2 is 1.15 bits per heavy atom. The van der Waals surface area contributed by atoms with Crippen LogP contribution in [0.4, 0.5) is 0 Å². The van der Waals surface area contributed by atoms with E-state index >= 15 is 0 Å². The molecule has 1 heterocycles.